The Labute approximate surface area is 223 Å². The number of Topliss-reactive ketones (excluding diaryl/α,β-unsaturated/α-hetero) is 1. The number of amides is 1. The summed E-state index contributed by atoms with van der Waals surface area (Å²) in [6.45, 7) is 4.14. The standard InChI is InChI=1S/C32H33NO5/c1-20(2)38-27-14-8-21(9-15-27)19-33-29(23-12-16-26(37-3)17-13-23)28(31(35)32(33)36)30(34)25-11-10-22-6-4-5-7-24(22)18-25/h8-18,20,29,34H,4-7,19H2,1-3H3/b30-28-. The van der Waals surface area contributed by atoms with Crippen LogP contribution in [0.3, 0.4) is 0 Å². The molecule has 6 nitrogen and oxygen atoms in total. The van der Waals surface area contributed by atoms with E-state index in [1.165, 1.54) is 16.0 Å². The molecule has 1 aliphatic heterocycles. The van der Waals surface area contributed by atoms with E-state index in [9.17, 15) is 14.7 Å². The van der Waals surface area contributed by atoms with Crippen molar-refractivity contribution in [3.05, 3.63) is 100 Å². The predicted molar refractivity (Wildman–Crippen MR) is 146 cm³/mol. The average Bonchev–Trinajstić information content (AvgIpc) is 3.18. The molecule has 1 heterocycles. The summed E-state index contributed by atoms with van der Waals surface area (Å²) in [7, 11) is 1.59. The molecule has 1 amide bonds. The van der Waals surface area contributed by atoms with Crippen LogP contribution < -0.4 is 9.47 Å². The zero-order valence-corrected chi connectivity index (χ0v) is 22.1. The van der Waals surface area contributed by atoms with Gasteiger partial charge in [-0.15, -0.1) is 0 Å². The highest BCUT2D eigenvalue weighted by Gasteiger charge is 2.46. The molecule has 1 saturated heterocycles. The molecule has 0 spiro atoms. The van der Waals surface area contributed by atoms with Gasteiger partial charge in [0.15, 0.2) is 0 Å². The zero-order chi connectivity index (χ0) is 26.8. The number of carbonyl (C=O) groups is 2. The first kappa shape index (κ1) is 25.6. The number of benzene rings is 3. The molecule has 0 saturated carbocycles. The fourth-order valence-electron chi connectivity index (χ4n) is 5.35. The van der Waals surface area contributed by atoms with Gasteiger partial charge in [-0.25, -0.2) is 0 Å². The Morgan fingerprint density at radius 3 is 2.24 bits per heavy atom. The number of hydrogen-bond acceptors (Lipinski definition) is 5. The zero-order valence-electron chi connectivity index (χ0n) is 22.1. The van der Waals surface area contributed by atoms with Gasteiger partial charge in [-0.1, -0.05) is 36.4 Å². The second-order valence-corrected chi connectivity index (χ2v) is 10.2. The van der Waals surface area contributed by atoms with Crippen LogP contribution in [0.25, 0.3) is 5.76 Å². The molecule has 38 heavy (non-hydrogen) atoms. The topological polar surface area (TPSA) is 76.1 Å². The summed E-state index contributed by atoms with van der Waals surface area (Å²) in [5, 5.41) is 11.5. The van der Waals surface area contributed by atoms with Crippen molar-refractivity contribution >= 4 is 17.4 Å². The van der Waals surface area contributed by atoms with Crippen molar-refractivity contribution in [3.63, 3.8) is 0 Å². The number of rotatable bonds is 7. The van der Waals surface area contributed by atoms with E-state index in [4.69, 9.17) is 9.47 Å². The molecule has 3 aromatic rings. The number of likely N-dealkylation sites (tertiary alicyclic amines) is 1. The van der Waals surface area contributed by atoms with E-state index in [0.29, 0.717) is 11.3 Å². The number of ketones is 1. The maximum absolute atomic E-state index is 13.4. The van der Waals surface area contributed by atoms with Gasteiger partial charge in [-0.2, -0.15) is 0 Å². The fourth-order valence-corrected chi connectivity index (χ4v) is 5.35. The minimum atomic E-state index is -0.733. The molecule has 1 atom stereocenters. The Hall–Kier alpha value is -4.06. The van der Waals surface area contributed by atoms with E-state index in [2.05, 4.69) is 0 Å². The summed E-state index contributed by atoms with van der Waals surface area (Å²) < 4.78 is 11.1. The third kappa shape index (κ3) is 5.03. The number of ether oxygens (including phenoxy) is 2. The molecule has 1 N–H and O–H groups in total. The SMILES string of the molecule is COc1ccc(C2/C(=C(/O)c3ccc4c(c3)CCCC4)C(=O)C(=O)N2Cc2ccc(OC(C)C)cc2)cc1. The Balaban J connectivity index is 1.56. The molecular weight excluding hydrogens is 478 g/mol. The van der Waals surface area contributed by atoms with Crippen LogP contribution in [0.2, 0.25) is 0 Å². The van der Waals surface area contributed by atoms with Crippen molar-refractivity contribution in [2.24, 2.45) is 0 Å². The summed E-state index contributed by atoms with van der Waals surface area (Å²) in [4.78, 5) is 28.4. The molecule has 1 unspecified atom stereocenters. The normalized spacial score (nSPS) is 18.5. The number of hydrogen-bond donors (Lipinski definition) is 1. The van der Waals surface area contributed by atoms with Gasteiger partial charge >= 0.3 is 0 Å². The molecule has 5 rings (SSSR count). The highest BCUT2D eigenvalue weighted by atomic mass is 16.5. The smallest absolute Gasteiger partial charge is 0.295 e. The van der Waals surface area contributed by atoms with Crippen molar-refractivity contribution in [3.8, 4) is 11.5 Å². The maximum atomic E-state index is 13.4. The molecule has 2 aliphatic rings. The summed E-state index contributed by atoms with van der Waals surface area (Å²) in [6, 6.07) is 19.9. The number of fused-ring (bicyclic) bond motifs is 1. The van der Waals surface area contributed by atoms with Crippen LogP contribution in [0.4, 0.5) is 0 Å². The lowest BCUT2D eigenvalue weighted by molar-refractivity contribution is -0.140. The molecule has 0 bridgehead atoms. The first-order valence-electron chi connectivity index (χ1n) is 13.2. The van der Waals surface area contributed by atoms with E-state index in [1.54, 1.807) is 19.2 Å². The number of carbonyl (C=O) groups excluding carboxylic acids is 2. The second kappa shape index (κ2) is 10.7. The molecule has 0 aromatic heterocycles. The largest absolute Gasteiger partial charge is 0.507 e. The molecule has 1 aliphatic carbocycles. The molecule has 6 heteroatoms. The first-order valence-corrected chi connectivity index (χ1v) is 13.2. The van der Waals surface area contributed by atoms with Gasteiger partial charge in [0, 0.05) is 12.1 Å². The Morgan fingerprint density at radius 2 is 1.58 bits per heavy atom. The Morgan fingerprint density at radius 1 is 0.921 bits per heavy atom. The van der Waals surface area contributed by atoms with Gasteiger partial charge in [-0.05, 0) is 92.1 Å². The Bertz CT molecular complexity index is 1370. The molecule has 1 fully saturated rings. The lowest BCUT2D eigenvalue weighted by atomic mass is 9.88. The summed E-state index contributed by atoms with van der Waals surface area (Å²) in [6.07, 6.45) is 4.29. The molecule has 0 radical (unpaired) electrons. The molecular formula is C32H33NO5. The minimum Gasteiger partial charge on any atom is -0.507 e. The molecule has 3 aromatic carbocycles. The van der Waals surface area contributed by atoms with E-state index < -0.39 is 17.7 Å². The predicted octanol–water partition coefficient (Wildman–Crippen LogP) is 5.98. The lowest BCUT2D eigenvalue weighted by Crippen LogP contribution is -2.29. The van der Waals surface area contributed by atoms with E-state index >= 15 is 0 Å². The van der Waals surface area contributed by atoms with Crippen molar-refractivity contribution in [2.75, 3.05) is 7.11 Å². The van der Waals surface area contributed by atoms with Crippen LogP contribution in [-0.2, 0) is 29.0 Å². The Kier molecular flexibility index (Phi) is 7.23. The van der Waals surface area contributed by atoms with Gasteiger partial charge in [0.1, 0.15) is 17.3 Å². The van der Waals surface area contributed by atoms with Crippen molar-refractivity contribution in [2.45, 2.75) is 58.2 Å². The van der Waals surface area contributed by atoms with Gasteiger partial charge in [0.2, 0.25) is 0 Å². The number of aliphatic hydroxyl groups is 1. The third-order valence-corrected chi connectivity index (χ3v) is 7.24. The average molecular weight is 512 g/mol. The molecule has 196 valence electrons. The summed E-state index contributed by atoms with van der Waals surface area (Å²) in [5.41, 5.74) is 4.73. The fraction of sp³-hybridized carbons (Fsp3) is 0.312. The second-order valence-electron chi connectivity index (χ2n) is 10.2. The number of methoxy groups -OCH3 is 1. The van der Waals surface area contributed by atoms with Crippen LogP contribution in [0.15, 0.2) is 72.3 Å². The number of aliphatic hydroxyl groups excluding tert-OH is 1. The highest BCUT2D eigenvalue weighted by molar-refractivity contribution is 6.46. The van der Waals surface area contributed by atoms with Crippen LogP contribution in [0.5, 0.6) is 11.5 Å². The third-order valence-electron chi connectivity index (χ3n) is 7.24. The number of nitrogens with zero attached hydrogens (tertiary/aromatic N) is 1. The van der Waals surface area contributed by atoms with Crippen molar-refractivity contribution < 1.29 is 24.2 Å². The van der Waals surface area contributed by atoms with Crippen LogP contribution >= 0.6 is 0 Å². The quantitative estimate of drug-likeness (QED) is 0.240. The summed E-state index contributed by atoms with van der Waals surface area (Å²) >= 11 is 0. The first-order chi connectivity index (χ1) is 18.4. The van der Waals surface area contributed by atoms with E-state index in [0.717, 1.165) is 42.6 Å². The van der Waals surface area contributed by atoms with Crippen LogP contribution in [0.1, 0.15) is 60.5 Å². The van der Waals surface area contributed by atoms with Gasteiger partial charge < -0.3 is 19.5 Å². The van der Waals surface area contributed by atoms with E-state index in [1.807, 2.05) is 68.4 Å². The lowest BCUT2D eigenvalue weighted by Gasteiger charge is -2.26. The van der Waals surface area contributed by atoms with E-state index in [-0.39, 0.29) is 24.0 Å². The van der Waals surface area contributed by atoms with Gasteiger partial charge in [0.05, 0.1) is 24.8 Å². The van der Waals surface area contributed by atoms with Gasteiger partial charge in [-0.3, -0.25) is 9.59 Å². The maximum Gasteiger partial charge on any atom is 0.295 e. The van der Waals surface area contributed by atoms with Crippen LogP contribution in [0, 0.1) is 0 Å². The number of aryl methyl sites for hydroxylation is 2. The minimum absolute atomic E-state index is 0.0531. The van der Waals surface area contributed by atoms with Crippen molar-refractivity contribution in [1.29, 1.82) is 0 Å². The van der Waals surface area contributed by atoms with Gasteiger partial charge in [0.25, 0.3) is 11.7 Å². The van der Waals surface area contributed by atoms with Crippen molar-refractivity contribution in [1.82, 2.24) is 4.90 Å². The summed E-state index contributed by atoms with van der Waals surface area (Å²) in [5.74, 6) is -0.0413. The monoisotopic (exact) mass is 511 g/mol. The van der Waals surface area contributed by atoms with Crippen LogP contribution in [-0.4, -0.2) is 34.9 Å². The highest BCUT2D eigenvalue weighted by Crippen LogP contribution is 2.41.